The predicted octanol–water partition coefficient (Wildman–Crippen LogP) is 2.50. The molecule has 0 aromatic heterocycles. The van der Waals surface area contributed by atoms with Crippen LogP contribution in [0.1, 0.15) is 50.4 Å². The van der Waals surface area contributed by atoms with E-state index in [0.29, 0.717) is 3.63 Å². The second-order valence-electron chi connectivity index (χ2n) is 9.90. The van der Waals surface area contributed by atoms with Gasteiger partial charge in [0.05, 0.1) is 0 Å². The van der Waals surface area contributed by atoms with E-state index in [-0.39, 0.29) is 24.8 Å². The molecule has 4 aromatic rings. The van der Waals surface area contributed by atoms with Crippen molar-refractivity contribution in [2.45, 2.75) is 30.8 Å². The molecule has 0 saturated carbocycles. The average molecular weight is 601 g/mol. The molecule has 0 atom stereocenters. The van der Waals surface area contributed by atoms with Crippen LogP contribution >= 0.6 is 0 Å². The summed E-state index contributed by atoms with van der Waals surface area (Å²) in [5.41, 5.74) is 13.0. The first-order valence-corrected chi connectivity index (χ1v) is 16.4. The maximum absolute atomic E-state index is 2.58. The van der Waals surface area contributed by atoms with Crippen molar-refractivity contribution < 1.29 is 46.1 Å². The van der Waals surface area contributed by atoms with Crippen molar-refractivity contribution in [2.75, 3.05) is 0 Å². The summed E-state index contributed by atoms with van der Waals surface area (Å²) in [6.07, 6.45) is 5.86. The Kier molecular flexibility index (Phi) is 8.70. The van der Waals surface area contributed by atoms with E-state index in [1.165, 1.54) is 39.0 Å². The van der Waals surface area contributed by atoms with Crippen LogP contribution in [0.5, 0.6) is 0 Å². The van der Waals surface area contributed by atoms with E-state index in [9.17, 15) is 0 Å². The van der Waals surface area contributed by atoms with Gasteiger partial charge in [0.25, 0.3) is 0 Å². The zero-order valence-electron chi connectivity index (χ0n) is 21.4. The summed E-state index contributed by atoms with van der Waals surface area (Å²) in [7, 11) is 0. The fourth-order valence-electron chi connectivity index (χ4n) is 5.91. The van der Waals surface area contributed by atoms with Gasteiger partial charge in [0, 0.05) is 0 Å². The van der Waals surface area contributed by atoms with Crippen molar-refractivity contribution in [3.63, 3.8) is 0 Å². The first-order valence-electron chi connectivity index (χ1n) is 12.5. The number of allylic oxidation sites excluding steroid dienone is 4. The van der Waals surface area contributed by atoms with E-state index in [1.54, 1.807) is 17.6 Å². The largest absolute Gasteiger partial charge is 1.00 e. The zero-order valence-corrected chi connectivity index (χ0v) is 25.4. The Bertz CT molecular complexity index is 1440. The molecule has 0 spiro atoms. The Morgan fingerprint density at radius 1 is 0.649 bits per heavy atom. The maximum Gasteiger partial charge on any atom is -1.00 e. The molecule has 3 heteroatoms. The fraction of sp³-hybridized carbons (Fsp3) is 0.147. The number of hydrogen-bond acceptors (Lipinski definition) is 0. The third-order valence-electron chi connectivity index (χ3n) is 7.50. The minimum atomic E-state index is -2.58. The summed E-state index contributed by atoms with van der Waals surface area (Å²) in [6.45, 7) is 6.83. The number of fused-ring (bicyclic) bond motifs is 3. The molecule has 2 aliphatic carbocycles. The molecule has 6 rings (SSSR count). The number of halogens is 2. The number of benzene rings is 4. The molecule has 0 fully saturated rings. The number of rotatable bonds is 4. The second kappa shape index (κ2) is 11.6. The van der Waals surface area contributed by atoms with E-state index >= 15 is 0 Å². The molecule has 184 valence electrons. The molecule has 0 radical (unpaired) electrons. The van der Waals surface area contributed by atoms with Crippen molar-refractivity contribution in [3.8, 4) is 11.1 Å². The van der Waals surface area contributed by atoms with Gasteiger partial charge >= 0.3 is 218 Å². The third-order valence-corrected chi connectivity index (χ3v) is 16.3. The normalized spacial score (nSPS) is 13.2. The smallest absolute Gasteiger partial charge is 1.00 e. The van der Waals surface area contributed by atoms with E-state index in [1.807, 2.05) is 0 Å². The summed E-state index contributed by atoms with van der Waals surface area (Å²) in [6, 6.07) is 36.8. The number of aryl methyl sites for hydroxylation is 2. The van der Waals surface area contributed by atoms with Crippen molar-refractivity contribution in [2.24, 2.45) is 0 Å². The first-order chi connectivity index (χ1) is 17.1. The van der Waals surface area contributed by atoms with Gasteiger partial charge in [-0.15, -0.1) is 0 Å². The van der Waals surface area contributed by atoms with Crippen LogP contribution in [-0.4, -0.2) is 3.21 Å². The van der Waals surface area contributed by atoms with Gasteiger partial charge in [-0.2, -0.15) is 0 Å². The molecular weight excluding hydrogens is 571 g/mol. The van der Waals surface area contributed by atoms with Gasteiger partial charge in [0.1, 0.15) is 0 Å². The van der Waals surface area contributed by atoms with Gasteiger partial charge < -0.3 is 24.8 Å². The van der Waals surface area contributed by atoms with Crippen molar-refractivity contribution in [1.29, 1.82) is 0 Å². The molecule has 37 heavy (non-hydrogen) atoms. The predicted molar refractivity (Wildman–Crippen MR) is 146 cm³/mol. The molecular formula is C34H30Cl2Zr. The van der Waals surface area contributed by atoms with E-state index in [0.717, 1.165) is 6.42 Å². The van der Waals surface area contributed by atoms with Gasteiger partial charge in [-0.05, 0) is 0 Å². The van der Waals surface area contributed by atoms with Crippen molar-refractivity contribution in [3.05, 3.63) is 151 Å². The van der Waals surface area contributed by atoms with Crippen molar-refractivity contribution >= 4 is 3.21 Å². The van der Waals surface area contributed by atoms with Crippen LogP contribution in [0.3, 0.4) is 0 Å². The molecule has 0 saturated heterocycles. The molecule has 0 heterocycles. The van der Waals surface area contributed by atoms with E-state index < -0.39 is 21.3 Å². The Hall–Kier alpha value is -2.31. The summed E-state index contributed by atoms with van der Waals surface area (Å²) in [5, 5.41) is 0. The van der Waals surface area contributed by atoms with Crippen LogP contribution < -0.4 is 24.8 Å². The van der Waals surface area contributed by atoms with Crippen LogP contribution in [0, 0.1) is 13.8 Å². The fourth-order valence-corrected chi connectivity index (χ4v) is 15.3. The molecule has 0 aliphatic heterocycles. The Morgan fingerprint density at radius 2 is 1.14 bits per heavy atom. The molecule has 0 bridgehead atoms. The summed E-state index contributed by atoms with van der Waals surface area (Å²) >= 11 is -2.58. The zero-order chi connectivity index (χ0) is 23.9. The first kappa shape index (κ1) is 27.7. The summed E-state index contributed by atoms with van der Waals surface area (Å²) < 4.78 is 3.84. The molecule has 0 N–H and O–H groups in total. The van der Waals surface area contributed by atoms with Gasteiger partial charge in [-0.3, -0.25) is 0 Å². The van der Waals surface area contributed by atoms with Crippen LogP contribution in [0.2, 0.25) is 0 Å². The molecule has 0 amide bonds. The Balaban J connectivity index is 0.00000160. The van der Waals surface area contributed by atoms with Gasteiger partial charge in [0.2, 0.25) is 0 Å². The summed E-state index contributed by atoms with van der Waals surface area (Å²) in [4.78, 5) is 0. The SMILES string of the molecule is CC1=[C]([Zr+2](=[C](c2ccccc2)c2ccccc2)[CH]2c3cc(C)ccc3-c3ccc(C)cc32)CC=C1.[Cl-].[Cl-]. The Morgan fingerprint density at radius 3 is 1.57 bits per heavy atom. The van der Waals surface area contributed by atoms with Gasteiger partial charge in [-0.25, -0.2) is 0 Å². The third kappa shape index (κ3) is 5.07. The van der Waals surface area contributed by atoms with Crippen LogP contribution in [0.15, 0.2) is 118 Å². The van der Waals surface area contributed by atoms with Crippen LogP contribution in [0.4, 0.5) is 0 Å². The topological polar surface area (TPSA) is 0 Å². The second-order valence-corrected chi connectivity index (χ2v) is 16.1. The van der Waals surface area contributed by atoms with Gasteiger partial charge in [-0.1, -0.05) is 0 Å². The molecule has 0 nitrogen and oxygen atoms in total. The minimum absolute atomic E-state index is 0. The van der Waals surface area contributed by atoms with E-state index in [2.05, 4.69) is 130 Å². The maximum atomic E-state index is 2.49. The van der Waals surface area contributed by atoms with Gasteiger partial charge in [0.15, 0.2) is 0 Å². The summed E-state index contributed by atoms with van der Waals surface area (Å²) in [5.74, 6) is 0. The van der Waals surface area contributed by atoms with Crippen molar-refractivity contribution in [1.82, 2.24) is 0 Å². The number of hydrogen-bond donors (Lipinski definition) is 0. The standard InChI is InChI=1S/C15H13.C13H10.C6H7.2ClH.Zr/c1-10-3-5-14-12(7-10)9-13-8-11(2)4-6-15(13)14;1-3-7-12(8-4-1)11-13-9-5-2-6-10-13;1-6-4-2-3-5-6;;;/h3-9H,1-2H3;1-10H;2,4H,3H2,1H3;2*1H;/q;;;;;+2/p-2. The Labute approximate surface area is 241 Å². The average Bonchev–Trinajstić information content (AvgIpc) is 3.43. The minimum Gasteiger partial charge on any atom is -1.00 e. The quantitative estimate of drug-likeness (QED) is 0.338. The van der Waals surface area contributed by atoms with Crippen LogP contribution in [-0.2, 0) is 21.3 Å². The van der Waals surface area contributed by atoms with E-state index in [4.69, 9.17) is 0 Å². The monoisotopic (exact) mass is 598 g/mol. The molecule has 0 unspecified atom stereocenters. The molecule has 4 aromatic carbocycles. The van der Waals surface area contributed by atoms with Crippen LogP contribution in [0.25, 0.3) is 11.1 Å². The molecule has 2 aliphatic rings.